The second-order valence-electron chi connectivity index (χ2n) is 4.52. The molecule has 2 rings (SSSR count). The molecule has 0 saturated carbocycles. The summed E-state index contributed by atoms with van der Waals surface area (Å²) in [6.07, 6.45) is 2.52. The number of phenols is 1. The van der Waals surface area contributed by atoms with Gasteiger partial charge in [-0.05, 0) is 50.9 Å². The lowest BCUT2D eigenvalue weighted by molar-refractivity contribution is 0.188. The van der Waals surface area contributed by atoms with Crippen molar-refractivity contribution in [2.45, 2.75) is 25.9 Å². The van der Waals surface area contributed by atoms with E-state index in [9.17, 15) is 5.11 Å². The first-order valence-corrected chi connectivity index (χ1v) is 5.90. The van der Waals surface area contributed by atoms with Gasteiger partial charge in [0.1, 0.15) is 11.5 Å². The van der Waals surface area contributed by atoms with Crippen LogP contribution in [0.1, 0.15) is 19.8 Å². The highest BCUT2D eigenvalue weighted by Crippen LogP contribution is 2.22. The SMILES string of the molecule is CC(CC1CCNC1)Oc1cccc(O)c1. The number of phenolic OH excluding ortho intramolecular Hbond substituents is 1. The largest absolute Gasteiger partial charge is 0.508 e. The van der Waals surface area contributed by atoms with Crippen LogP contribution < -0.4 is 10.1 Å². The Balaban J connectivity index is 1.84. The number of aromatic hydroxyl groups is 1. The van der Waals surface area contributed by atoms with Gasteiger partial charge in [-0.3, -0.25) is 0 Å². The van der Waals surface area contributed by atoms with Gasteiger partial charge in [0.15, 0.2) is 0 Å². The molecule has 2 unspecified atom stereocenters. The first-order chi connectivity index (χ1) is 7.74. The zero-order chi connectivity index (χ0) is 11.4. The van der Waals surface area contributed by atoms with Gasteiger partial charge >= 0.3 is 0 Å². The molecule has 0 aliphatic carbocycles. The quantitative estimate of drug-likeness (QED) is 0.818. The summed E-state index contributed by atoms with van der Waals surface area (Å²) < 4.78 is 5.77. The van der Waals surface area contributed by atoms with Gasteiger partial charge in [-0.15, -0.1) is 0 Å². The third kappa shape index (κ3) is 3.14. The molecular weight excluding hydrogens is 202 g/mol. The van der Waals surface area contributed by atoms with Crippen molar-refractivity contribution in [2.24, 2.45) is 5.92 Å². The van der Waals surface area contributed by atoms with Crippen molar-refractivity contribution in [2.75, 3.05) is 13.1 Å². The smallest absolute Gasteiger partial charge is 0.123 e. The van der Waals surface area contributed by atoms with Gasteiger partial charge in [-0.25, -0.2) is 0 Å². The first kappa shape index (κ1) is 11.3. The van der Waals surface area contributed by atoms with E-state index < -0.39 is 0 Å². The van der Waals surface area contributed by atoms with Crippen molar-refractivity contribution in [1.29, 1.82) is 0 Å². The van der Waals surface area contributed by atoms with E-state index >= 15 is 0 Å². The predicted octanol–water partition coefficient (Wildman–Crippen LogP) is 2.16. The Morgan fingerprint density at radius 2 is 2.44 bits per heavy atom. The van der Waals surface area contributed by atoms with Crippen molar-refractivity contribution < 1.29 is 9.84 Å². The van der Waals surface area contributed by atoms with Crippen LogP contribution in [0.2, 0.25) is 0 Å². The van der Waals surface area contributed by atoms with E-state index in [2.05, 4.69) is 12.2 Å². The molecule has 3 nitrogen and oxygen atoms in total. The van der Waals surface area contributed by atoms with Gasteiger partial charge in [-0.2, -0.15) is 0 Å². The highest BCUT2D eigenvalue weighted by Gasteiger charge is 2.18. The molecule has 3 heteroatoms. The van der Waals surface area contributed by atoms with Gasteiger partial charge in [0.2, 0.25) is 0 Å². The zero-order valence-corrected chi connectivity index (χ0v) is 9.65. The van der Waals surface area contributed by atoms with Crippen molar-refractivity contribution in [3.05, 3.63) is 24.3 Å². The molecule has 1 aromatic rings. The second kappa shape index (κ2) is 5.21. The summed E-state index contributed by atoms with van der Waals surface area (Å²) in [6.45, 7) is 4.32. The van der Waals surface area contributed by atoms with Gasteiger partial charge in [0.05, 0.1) is 6.10 Å². The van der Waals surface area contributed by atoms with Crippen LogP contribution in [0.4, 0.5) is 0 Å². The zero-order valence-electron chi connectivity index (χ0n) is 9.65. The van der Waals surface area contributed by atoms with E-state index in [0.29, 0.717) is 0 Å². The van der Waals surface area contributed by atoms with Gasteiger partial charge in [0, 0.05) is 6.07 Å². The van der Waals surface area contributed by atoms with E-state index in [0.717, 1.165) is 31.2 Å². The maximum Gasteiger partial charge on any atom is 0.123 e. The van der Waals surface area contributed by atoms with Gasteiger partial charge in [-0.1, -0.05) is 6.07 Å². The van der Waals surface area contributed by atoms with Crippen LogP contribution in [-0.2, 0) is 0 Å². The van der Waals surface area contributed by atoms with Crippen LogP contribution in [-0.4, -0.2) is 24.3 Å². The number of hydrogen-bond acceptors (Lipinski definition) is 3. The molecule has 88 valence electrons. The third-order valence-corrected chi connectivity index (χ3v) is 2.98. The number of rotatable bonds is 4. The Hall–Kier alpha value is -1.22. The van der Waals surface area contributed by atoms with E-state index in [-0.39, 0.29) is 11.9 Å². The summed E-state index contributed by atoms with van der Waals surface area (Å²) in [5, 5.41) is 12.7. The Morgan fingerprint density at radius 1 is 1.56 bits per heavy atom. The lowest BCUT2D eigenvalue weighted by Gasteiger charge is -2.18. The molecule has 0 aromatic heterocycles. The number of benzene rings is 1. The molecule has 2 atom stereocenters. The third-order valence-electron chi connectivity index (χ3n) is 2.98. The average Bonchev–Trinajstić information content (AvgIpc) is 2.70. The van der Waals surface area contributed by atoms with Crippen LogP contribution in [0.3, 0.4) is 0 Å². The van der Waals surface area contributed by atoms with Crippen LogP contribution in [0.15, 0.2) is 24.3 Å². The molecular formula is C13H19NO2. The highest BCUT2D eigenvalue weighted by atomic mass is 16.5. The normalized spacial score (nSPS) is 21.9. The van der Waals surface area contributed by atoms with Gasteiger partial charge < -0.3 is 15.2 Å². The van der Waals surface area contributed by atoms with Crippen LogP contribution in [0, 0.1) is 5.92 Å². The van der Waals surface area contributed by atoms with Crippen LogP contribution in [0.5, 0.6) is 11.5 Å². The molecule has 2 N–H and O–H groups in total. The van der Waals surface area contributed by atoms with Crippen molar-refractivity contribution >= 4 is 0 Å². The Kier molecular flexibility index (Phi) is 3.67. The Bertz CT molecular complexity index is 334. The molecule has 1 saturated heterocycles. The Morgan fingerprint density at radius 3 is 3.12 bits per heavy atom. The van der Waals surface area contributed by atoms with E-state index in [1.807, 2.05) is 6.07 Å². The fraction of sp³-hybridized carbons (Fsp3) is 0.538. The summed E-state index contributed by atoms with van der Waals surface area (Å²) in [4.78, 5) is 0. The molecule has 1 fully saturated rings. The number of hydrogen-bond donors (Lipinski definition) is 2. The van der Waals surface area contributed by atoms with Gasteiger partial charge in [0.25, 0.3) is 0 Å². The molecule has 1 aliphatic heterocycles. The van der Waals surface area contributed by atoms with E-state index in [1.165, 1.54) is 6.42 Å². The molecule has 0 radical (unpaired) electrons. The molecule has 0 amide bonds. The predicted molar refractivity (Wildman–Crippen MR) is 63.8 cm³/mol. The van der Waals surface area contributed by atoms with Crippen molar-refractivity contribution in [1.82, 2.24) is 5.32 Å². The van der Waals surface area contributed by atoms with Crippen LogP contribution in [0.25, 0.3) is 0 Å². The minimum absolute atomic E-state index is 0.201. The van der Waals surface area contributed by atoms with Crippen molar-refractivity contribution in [3.8, 4) is 11.5 Å². The van der Waals surface area contributed by atoms with E-state index in [4.69, 9.17) is 4.74 Å². The standard InChI is InChI=1S/C13H19NO2/c1-10(7-11-5-6-14-9-11)16-13-4-2-3-12(15)8-13/h2-4,8,10-11,14-15H,5-7,9H2,1H3. The van der Waals surface area contributed by atoms with Crippen LogP contribution >= 0.6 is 0 Å². The summed E-state index contributed by atoms with van der Waals surface area (Å²) in [5.74, 6) is 1.73. The molecule has 1 heterocycles. The summed E-state index contributed by atoms with van der Waals surface area (Å²) in [5.41, 5.74) is 0. The molecule has 1 aliphatic rings. The summed E-state index contributed by atoms with van der Waals surface area (Å²) >= 11 is 0. The lowest BCUT2D eigenvalue weighted by atomic mass is 10.0. The van der Waals surface area contributed by atoms with E-state index in [1.54, 1.807) is 18.2 Å². The highest BCUT2D eigenvalue weighted by molar-refractivity contribution is 5.31. The molecule has 0 bridgehead atoms. The fourth-order valence-electron chi connectivity index (χ4n) is 2.22. The minimum Gasteiger partial charge on any atom is -0.508 e. The molecule has 1 aromatic carbocycles. The summed E-state index contributed by atoms with van der Waals surface area (Å²) in [6, 6.07) is 6.99. The fourth-order valence-corrected chi connectivity index (χ4v) is 2.22. The number of nitrogens with one attached hydrogen (secondary N) is 1. The topological polar surface area (TPSA) is 41.5 Å². The monoisotopic (exact) mass is 221 g/mol. The Labute approximate surface area is 96.4 Å². The lowest BCUT2D eigenvalue weighted by Crippen LogP contribution is -2.18. The molecule has 16 heavy (non-hydrogen) atoms. The molecule has 0 spiro atoms. The van der Waals surface area contributed by atoms with Crippen molar-refractivity contribution in [3.63, 3.8) is 0 Å². The second-order valence-corrected chi connectivity index (χ2v) is 4.52. The summed E-state index contributed by atoms with van der Waals surface area (Å²) in [7, 11) is 0. The number of ether oxygens (including phenoxy) is 1. The maximum absolute atomic E-state index is 9.32. The maximum atomic E-state index is 9.32. The minimum atomic E-state index is 0.201. The first-order valence-electron chi connectivity index (χ1n) is 5.90. The average molecular weight is 221 g/mol.